The predicted molar refractivity (Wildman–Crippen MR) is 81.5 cm³/mol. The number of likely N-dealkylation sites (N-methyl/N-ethyl adjacent to an activating group) is 1. The molecule has 1 aromatic rings. The van der Waals surface area contributed by atoms with Crippen LogP contribution in [-0.4, -0.2) is 41.8 Å². The Bertz CT molecular complexity index is 459. The Morgan fingerprint density at radius 1 is 1.19 bits per heavy atom. The molecule has 0 spiro atoms. The average Bonchev–Trinajstić information content (AvgIpc) is 2.45. The van der Waals surface area contributed by atoms with Gasteiger partial charge < -0.3 is 20.4 Å². The quantitative estimate of drug-likeness (QED) is 0.645. The SMILES string of the molecule is CCN(CCO)c1ccc(NC(=O)CCCC(=O)O)cc1. The summed E-state index contributed by atoms with van der Waals surface area (Å²) in [6.45, 7) is 3.46. The van der Waals surface area contributed by atoms with Crippen LogP contribution in [0.1, 0.15) is 26.2 Å². The van der Waals surface area contributed by atoms with Crippen LogP contribution >= 0.6 is 0 Å². The highest BCUT2D eigenvalue weighted by Gasteiger charge is 2.06. The Morgan fingerprint density at radius 3 is 2.38 bits per heavy atom. The number of hydrogen-bond acceptors (Lipinski definition) is 4. The highest BCUT2D eigenvalue weighted by molar-refractivity contribution is 5.91. The number of aliphatic hydroxyl groups is 1. The normalized spacial score (nSPS) is 10.2. The van der Waals surface area contributed by atoms with E-state index >= 15 is 0 Å². The lowest BCUT2D eigenvalue weighted by molar-refractivity contribution is -0.137. The number of anilines is 2. The lowest BCUT2D eigenvalue weighted by atomic mass is 10.2. The topological polar surface area (TPSA) is 89.9 Å². The van der Waals surface area contributed by atoms with Crippen molar-refractivity contribution in [1.82, 2.24) is 0 Å². The van der Waals surface area contributed by atoms with Crippen LogP contribution in [0.25, 0.3) is 0 Å². The molecule has 1 amide bonds. The lowest BCUT2D eigenvalue weighted by Gasteiger charge is -2.22. The van der Waals surface area contributed by atoms with Crippen LogP contribution in [0.5, 0.6) is 0 Å². The van der Waals surface area contributed by atoms with Gasteiger partial charge in [0.1, 0.15) is 0 Å². The van der Waals surface area contributed by atoms with E-state index in [1.54, 1.807) is 12.1 Å². The molecule has 0 aromatic heterocycles. The molecule has 6 nitrogen and oxygen atoms in total. The van der Waals surface area contributed by atoms with Gasteiger partial charge in [-0.2, -0.15) is 0 Å². The van der Waals surface area contributed by atoms with E-state index in [1.807, 2.05) is 24.0 Å². The molecule has 0 saturated heterocycles. The van der Waals surface area contributed by atoms with Crippen molar-refractivity contribution < 1.29 is 19.8 Å². The van der Waals surface area contributed by atoms with E-state index in [2.05, 4.69) is 5.32 Å². The third kappa shape index (κ3) is 6.27. The monoisotopic (exact) mass is 294 g/mol. The summed E-state index contributed by atoms with van der Waals surface area (Å²) in [6, 6.07) is 7.35. The molecule has 3 N–H and O–H groups in total. The molecule has 1 rings (SSSR count). The summed E-state index contributed by atoms with van der Waals surface area (Å²) < 4.78 is 0. The number of carboxylic acids is 1. The molecule has 116 valence electrons. The molecular formula is C15H22N2O4. The zero-order chi connectivity index (χ0) is 15.7. The second kappa shape index (κ2) is 8.97. The number of carbonyl (C=O) groups excluding carboxylic acids is 1. The molecule has 21 heavy (non-hydrogen) atoms. The summed E-state index contributed by atoms with van der Waals surface area (Å²) in [6.07, 6.45) is 0.526. The Kier molecular flexibility index (Phi) is 7.25. The minimum absolute atomic E-state index is 0.00101. The number of aliphatic carboxylic acids is 1. The van der Waals surface area contributed by atoms with Crippen molar-refractivity contribution in [3.63, 3.8) is 0 Å². The first-order valence-corrected chi connectivity index (χ1v) is 7.04. The molecule has 1 aromatic carbocycles. The summed E-state index contributed by atoms with van der Waals surface area (Å²) in [5.41, 5.74) is 1.66. The number of benzene rings is 1. The lowest BCUT2D eigenvalue weighted by Crippen LogP contribution is -2.26. The molecule has 0 heterocycles. The third-order valence-electron chi connectivity index (χ3n) is 3.06. The van der Waals surface area contributed by atoms with Gasteiger partial charge in [0.15, 0.2) is 0 Å². The maximum atomic E-state index is 11.6. The molecule has 0 aliphatic carbocycles. The minimum atomic E-state index is -0.893. The maximum Gasteiger partial charge on any atom is 0.303 e. The van der Waals surface area contributed by atoms with Gasteiger partial charge in [-0.3, -0.25) is 9.59 Å². The van der Waals surface area contributed by atoms with Crippen LogP contribution in [0.15, 0.2) is 24.3 Å². The van der Waals surface area contributed by atoms with E-state index in [0.717, 1.165) is 12.2 Å². The Labute approximate surface area is 124 Å². The number of nitrogens with zero attached hydrogens (tertiary/aromatic N) is 1. The van der Waals surface area contributed by atoms with Gasteiger partial charge in [-0.25, -0.2) is 0 Å². The van der Waals surface area contributed by atoms with E-state index < -0.39 is 5.97 Å². The molecule has 0 fully saturated rings. The number of rotatable bonds is 9. The number of amides is 1. The van der Waals surface area contributed by atoms with Crippen LogP contribution in [-0.2, 0) is 9.59 Å². The second-order valence-corrected chi connectivity index (χ2v) is 4.65. The van der Waals surface area contributed by atoms with Crippen molar-refractivity contribution in [3.8, 4) is 0 Å². The Hall–Kier alpha value is -2.08. The first-order valence-electron chi connectivity index (χ1n) is 7.04. The summed E-state index contributed by atoms with van der Waals surface area (Å²) in [5.74, 6) is -1.08. The predicted octanol–water partition coefficient (Wildman–Crippen LogP) is 1.70. The second-order valence-electron chi connectivity index (χ2n) is 4.65. The average molecular weight is 294 g/mol. The molecule has 0 bridgehead atoms. The van der Waals surface area contributed by atoms with Crippen molar-refractivity contribution in [2.24, 2.45) is 0 Å². The van der Waals surface area contributed by atoms with Crippen LogP contribution in [0.3, 0.4) is 0 Å². The largest absolute Gasteiger partial charge is 0.481 e. The highest BCUT2D eigenvalue weighted by atomic mass is 16.4. The minimum Gasteiger partial charge on any atom is -0.481 e. The molecule has 6 heteroatoms. The van der Waals surface area contributed by atoms with Gasteiger partial charge in [-0.15, -0.1) is 0 Å². The van der Waals surface area contributed by atoms with Gasteiger partial charge in [0, 0.05) is 37.3 Å². The Morgan fingerprint density at radius 2 is 1.86 bits per heavy atom. The van der Waals surface area contributed by atoms with Gasteiger partial charge >= 0.3 is 5.97 Å². The van der Waals surface area contributed by atoms with Crippen molar-refractivity contribution in [2.75, 3.05) is 29.9 Å². The maximum absolute atomic E-state index is 11.6. The van der Waals surface area contributed by atoms with E-state index in [0.29, 0.717) is 18.7 Å². The fraction of sp³-hybridized carbons (Fsp3) is 0.467. The van der Waals surface area contributed by atoms with Crippen molar-refractivity contribution in [1.29, 1.82) is 0 Å². The highest BCUT2D eigenvalue weighted by Crippen LogP contribution is 2.18. The fourth-order valence-corrected chi connectivity index (χ4v) is 1.97. The number of nitrogens with one attached hydrogen (secondary N) is 1. The van der Waals surface area contributed by atoms with E-state index in [4.69, 9.17) is 10.2 Å². The molecule has 0 atom stereocenters. The van der Waals surface area contributed by atoms with Crippen molar-refractivity contribution in [3.05, 3.63) is 24.3 Å². The fourth-order valence-electron chi connectivity index (χ4n) is 1.97. The van der Waals surface area contributed by atoms with Gasteiger partial charge in [0.2, 0.25) is 5.91 Å². The zero-order valence-corrected chi connectivity index (χ0v) is 12.2. The van der Waals surface area contributed by atoms with Crippen LogP contribution in [0.4, 0.5) is 11.4 Å². The van der Waals surface area contributed by atoms with Gasteiger partial charge in [0.25, 0.3) is 0 Å². The van der Waals surface area contributed by atoms with Crippen molar-refractivity contribution in [2.45, 2.75) is 26.2 Å². The first-order chi connectivity index (χ1) is 10.1. The van der Waals surface area contributed by atoms with Gasteiger partial charge in [0.05, 0.1) is 6.61 Å². The van der Waals surface area contributed by atoms with Gasteiger partial charge in [-0.05, 0) is 37.6 Å². The van der Waals surface area contributed by atoms with Crippen LogP contribution in [0.2, 0.25) is 0 Å². The van der Waals surface area contributed by atoms with Crippen LogP contribution < -0.4 is 10.2 Å². The summed E-state index contributed by atoms with van der Waals surface area (Å²) in [4.78, 5) is 24.0. The zero-order valence-electron chi connectivity index (χ0n) is 12.2. The van der Waals surface area contributed by atoms with E-state index in [1.165, 1.54) is 0 Å². The van der Waals surface area contributed by atoms with E-state index in [9.17, 15) is 9.59 Å². The van der Waals surface area contributed by atoms with Crippen LogP contribution in [0, 0.1) is 0 Å². The smallest absolute Gasteiger partial charge is 0.303 e. The molecule has 0 aliphatic heterocycles. The number of aliphatic hydroxyl groups excluding tert-OH is 1. The number of carboxylic acid groups (broad SMARTS) is 1. The van der Waals surface area contributed by atoms with E-state index in [-0.39, 0.29) is 25.4 Å². The third-order valence-corrected chi connectivity index (χ3v) is 3.06. The number of hydrogen-bond donors (Lipinski definition) is 3. The molecule has 0 saturated carbocycles. The van der Waals surface area contributed by atoms with Crippen molar-refractivity contribution >= 4 is 23.3 Å². The molecule has 0 radical (unpaired) electrons. The molecular weight excluding hydrogens is 272 g/mol. The first kappa shape index (κ1) is 17.0. The molecule has 0 aliphatic rings. The number of carbonyl (C=O) groups is 2. The standard InChI is InChI=1S/C15H22N2O4/c1-2-17(10-11-18)13-8-6-12(7-9-13)16-14(19)4-3-5-15(20)21/h6-9,18H,2-5,10-11H2,1H3,(H,16,19)(H,20,21). The summed E-state index contributed by atoms with van der Waals surface area (Å²) in [7, 11) is 0. The molecule has 0 unspecified atom stereocenters. The Balaban J connectivity index is 2.50. The van der Waals surface area contributed by atoms with Gasteiger partial charge in [-0.1, -0.05) is 0 Å². The summed E-state index contributed by atoms with van der Waals surface area (Å²) >= 11 is 0. The summed E-state index contributed by atoms with van der Waals surface area (Å²) in [5, 5.41) is 20.2.